The molecule has 1 atom stereocenters. The molecule has 0 aliphatic rings. The minimum Gasteiger partial charge on any atom is -0.462 e. The van der Waals surface area contributed by atoms with Crippen LogP contribution < -0.4 is 0 Å². The van der Waals surface area contributed by atoms with E-state index in [0.29, 0.717) is 19.4 Å². The third-order valence-electron chi connectivity index (χ3n) is 9.75. The largest absolute Gasteiger partial charge is 0.462 e. The Kier molecular flexibility index (Phi) is 44.5. The molecule has 1 unspecified atom stereocenters. The third kappa shape index (κ3) is 44.1. The predicted octanol–water partition coefficient (Wildman–Crippen LogP) is 15.6. The van der Waals surface area contributed by atoms with Gasteiger partial charge in [0.05, 0.1) is 13.2 Å². The predicted molar refractivity (Wildman–Crippen MR) is 242 cm³/mol. The minimum atomic E-state index is -0.577. The fraction of sp³-hybridized carbons (Fsp3) is 0.725. The fourth-order valence-corrected chi connectivity index (χ4v) is 6.27. The standard InChI is InChI=1S/C51H88O5/c1-4-7-10-13-16-19-22-24-25-26-28-31-34-37-40-43-46-54-47-49(56-51(53)45-42-39-36-33-29-21-18-15-12-9-6-3)48-55-50(52)44-41-38-35-32-30-27-23-20-17-14-11-8-5-2/h7,10,16,19-20,23-25,28,31,37,40,49H,4-6,8-9,11-15,17-18,21-22,26-27,29-30,32-36,38-39,41-48H2,1-3H3/b10-7-,19-16-,23-20-,25-24-,31-28-,40-37-. The van der Waals surface area contributed by atoms with Crippen molar-refractivity contribution in [2.75, 3.05) is 19.8 Å². The van der Waals surface area contributed by atoms with E-state index in [2.05, 4.69) is 93.7 Å². The lowest BCUT2D eigenvalue weighted by atomic mass is 10.1. The van der Waals surface area contributed by atoms with E-state index in [0.717, 1.165) is 77.0 Å². The third-order valence-corrected chi connectivity index (χ3v) is 9.75. The lowest BCUT2D eigenvalue weighted by Gasteiger charge is -2.18. The van der Waals surface area contributed by atoms with Crippen LogP contribution in [0.2, 0.25) is 0 Å². The van der Waals surface area contributed by atoms with Crippen LogP contribution in [0.5, 0.6) is 0 Å². The van der Waals surface area contributed by atoms with Crippen molar-refractivity contribution in [2.45, 2.75) is 219 Å². The molecule has 322 valence electrons. The molecule has 56 heavy (non-hydrogen) atoms. The van der Waals surface area contributed by atoms with E-state index in [4.69, 9.17) is 14.2 Å². The first-order valence-electron chi connectivity index (χ1n) is 23.5. The Morgan fingerprint density at radius 2 is 0.804 bits per heavy atom. The summed E-state index contributed by atoms with van der Waals surface area (Å²) in [6.45, 7) is 7.48. The first-order chi connectivity index (χ1) is 27.6. The van der Waals surface area contributed by atoms with Crippen LogP contribution in [0.15, 0.2) is 72.9 Å². The van der Waals surface area contributed by atoms with Crippen molar-refractivity contribution in [2.24, 2.45) is 0 Å². The van der Waals surface area contributed by atoms with Crippen molar-refractivity contribution in [3.63, 3.8) is 0 Å². The molecule has 0 aliphatic heterocycles. The molecule has 5 nitrogen and oxygen atoms in total. The fourth-order valence-electron chi connectivity index (χ4n) is 6.27. The molecule has 0 amide bonds. The van der Waals surface area contributed by atoms with Crippen LogP contribution in [-0.4, -0.2) is 37.9 Å². The van der Waals surface area contributed by atoms with Crippen LogP contribution in [0.1, 0.15) is 213 Å². The van der Waals surface area contributed by atoms with Crippen LogP contribution >= 0.6 is 0 Å². The summed E-state index contributed by atoms with van der Waals surface area (Å²) in [5.41, 5.74) is 0. The number of hydrogen-bond acceptors (Lipinski definition) is 5. The zero-order chi connectivity index (χ0) is 40.7. The van der Waals surface area contributed by atoms with Gasteiger partial charge in [-0.25, -0.2) is 0 Å². The van der Waals surface area contributed by atoms with E-state index in [1.54, 1.807) is 0 Å². The molecule has 0 aromatic heterocycles. The molecule has 0 rings (SSSR count). The highest BCUT2D eigenvalue weighted by Crippen LogP contribution is 2.14. The molecular weight excluding hydrogens is 693 g/mol. The van der Waals surface area contributed by atoms with Crippen molar-refractivity contribution < 1.29 is 23.8 Å². The Hall–Kier alpha value is -2.66. The molecule has 0 fully saturated rings. The van der Waals surface area contributed by atoms with E-state index in [1.165, 1.54) is 103 Å². The van der Waals surface area contributed by atoms with E-state index < -0.39 is 6.10 Å². The molecule has 0 aromatic carbocycles. The lowest BCUT2D eigenvalue weighted by Crippen LogP contribution is -2.30. The van der Waals surface area contributed by atoms with Crippen LogP contribution in [0.25, 0.3) is 0 Å². The van der Waals surface area contributed by atoms with E-state index >= 15 is 0 Å². The molecule has 0 spiro atoms. The van der Waals surface area contributed by atoms with Gasteiger partial charge in [-0.1, -0.05) is 196 Å². The summed E-state index contributed by atoms with van der Waals surface area (Å²) >= 11 is 0. The molecule has 0 saturated carbocycles. The number of carbonyl (C=O) groups excluding carboxylic acids is 2. The van der Waals surface area contributed by atoms with Crippen molar-refractivity contribution in [3.8, 4) is 0 Å². The Morgan fingerprint density at radius 1 is 0.411 bits per heavy atom. The quantitative estimate of drug-likeness (QED) is 0.0351. The highest BCUT2D eigenvalue weighted by molar-refractivity contribution is 5.70. The highest BCUT2D eigenvalue weighted by atomic mass is 16.6. The van der Waals surface area contributed by atoms with Gasteiger partial charge < -0.3 is 14.2 Å². The zero-order valence-electron chi connectivity index (χ0n) is 36.9. The summed E-state index contributed by atoms with van der Waals surface area (Å²) < 4.78 is 17.2. The van der Waals surface area contributed by atoms with E-state index in [9.17, 15) is 9.59 Å². The molecular formula is C51H88O5. The van der Waals surface area contributed by atoms with Crippen molar-refractivity contribution in [3.05, 3.63) is 72.9 Å². The molecule has 0 N–H and O–H groups in total. The van der Waals surface area contributed by atoms with Gasteiger partial charge in [0.15, 0.2) is 6.10 Å². The summed E-state index contributed by atoms with van der Waals surface area (Å²) in [5.74, 6) is -0.448. The van der Waals surface area contributed by atoms with E-state index in [1.807, 2.05) is 0 Å². The van der Waals surface area contributed by atoms with Crippen LogP contribution in [0.4, 0.5) is 0 Å². The SMILES string of the molecule is CC/C=C\C/C=C\C/C=C\C/C=C\C/C=C\CCOCC(COC(=O)CCCCCCC/C=C\CCCCCC)OC(=O)CCCCCCCCCCCCC. The summed E-state index contributed by atoms with van der Waals surface area (Å²) in [4.78, 5) is 25.2. The number of hydrogen-bond donors (Lipinski definition) is 0. The number of unbranched alkanes of at least 4 members (excludes halogenated alkanes) is 19. The Morgan fingerprint density at radius 3 is 1.30 bits per heavy atom. The topological polar surface area (TPSA) is 61.8 Å². The number of allylic oxidation sites excluding steroid dienone is 11. The minimum absolute atomic E-state index is 0.0509. The summed E-state index contributed by atoms with van der Waals surface area (Å²) in [6, 6.07) is 0. The van der Waals surface area contributed by atoms with Crippen molar-refractivity contribution >= 4 is 11.9 Å². The van der Waals surface area contributed by atoms with Gasteiger partial charge in [-0.2, -0.15) is 0 Å². The lowest BCUT2D eigenvalue weighted by molar-refractivity contribution is -0.162. The number of esters is 2. The van der Waals surface area contributed by atoms with Crippen LogP contribution in [-0.2, 0) is 23.8 Å². The van der Waals surface area contributed by atoms with Gasteiger partial charge in [-0.15, -0.1) is 0 Å². The van der Waals surface area contributed by atoms with Gasteiger partial charge in [0.1, 0.15) is 6.61 Å². The van der Waals surface area contributed by atoms with Gasteiger partial charge >= 0.3 is 11.9 Å². The molecule has 0 heterocycles. The number of ether oxygens (including phenoxy) is 3. The van der Waals surface area contributed by atoms with Gasteiger partial charge in [-0.05, 0) is 77.0 Å². The maximum absolute atomic E-state index is 12.7. The van der Waals surface area contributed by atoms with Gasteiger partial charge in [0.2, 0.25) is 0 Å². The number of carbonyl (C=O) groups is 2. The van der Waals surface area contributed by atoms with Crippen LogP contribution in [0, 0.1) is 0 Å². The van der Waals surface area contributed by atoms with E-state index in [-0.39, 0.29) is 25.2 Å². The smallest absolute Gasteiger partial charge is 0.306 e. The molecule has 0 aliphatic carbocycles. The number of rotatable bonds is 42. The Bertz CT molecular complexity index is 1020. The molecule has 0 bridgehead atoms. The molecule has 5 heteroatoms. The second-order valence-electron chi connectivity index (χ2n) is 15.3. The Labute approximate surface area is 347 Å². The summed E-state index contributed by atoms with van der Waals surface area (Å²) in [6.07, 6.45) is 59.2. The second kappa shape index (κ2) is 46.7. The molecule has 0 saturated heterocycles. The zero-order valence-corrected chi connectivity index (χ0v) is 36.9. The van der Waals surface area contributed by atoms with Gasteiger partial charge in [-0.3, -0.25) is 9.59 Å². The first kappa shape index (κ1) is 53.3. The molecule has 0 aromatic rings. The average Bonchev–Trinajstić information content (AvgIpc) is 3.20. The first-order valence-corrected chi connectivity index (χ1v) is 23.5. The van der Waals surface area contributed by atoms with Crippen molar-refractivity contribution in [1.29, 1.82) is 0 Å². The monoisotopic (exact) mass is 781 g/mol. The van der Waals surface area contributed by atoms with Gasteiger partial charge in [0, 0.05) is 12.8 Å². The summed E-state index contributed by atoms with van der Waals surface area (Å²) in [5, 5.41) is 0. The average molecular weight is 781 g/mol. The Balaban J connectivity index is 4.38. The normalized spacial score (nSPS) is 12.8. The maximum atomic E-state index is 12.7. The summed E-state index contributed by atoms with van der Waals surface area (Å²) in [7, 11) is 0. The second-order valence-corrected chi connectivity index (χ2v) is 15.3. The highest BCUT2D eigenvalue weighted by Gasteiger charge is 2.17. The van der Waals surface area contributed by atoms with Crippen molar-refractivity contribution in [1.82, 2.24) is 0 Å². The maximum Gasteiger partial charge on any atom is 0.306 e. The van der Waals surface area contributed by atoms with Gasteiger partial charge in [0.25, 0.3) is 0 Å². The molecule has 0 radical (unpaired) electrons. The van der Waals surface area contributed by atoms with Crippen LogP contribution in [0.3, 0.4) is 0 Å².